The van der Waals surface area contributed by atoms with Crippen LogP contribution in [0.1, 0.15) is 16.7 Å². The summed E-state index contributed by atoms with van der Waals surface area (Å²) in [4.78, 5) is 4.44. The summed E-state index contributed by atoms with van der Waals surface area (Å²) in [7, 11) is 0. The van der Waals surface area contributed by atoms with Crippen molar-refractivity contribution < 1.29 is 0 Å². The van der Waals surface area contributed by atoms with E-state index in [1.54, 1.807) is 0 Å². The number of nitrogens with zero attached hydrogens (tertiary/aromatic N) is 1. The minimum atomic E-state index is 0.524. The van der Waals surface area contributed by atoms with Gasteiger partial charge in [-0.3, -0.25) is 4.98 Å². The van der Waals surface area contributed by atoms with Crippen molar-refractivity contribution >= 4 is 0 Å². The van der Waals surface area contributed by atoms with Crippen molar-refractivity contribution in [3.63, 3.8) is 0 Å². The third kappa shape index (κ3) is 1.84. The molecule has 2 rings (SSSR count). The number of benzene rings is 1. The Kier molecular flexibility index (Phi) is 3.02. The van der Waals surface area contributed by atoms with Gasteiger partial charge in [0.05, 0.1) is 5.69 Å². The molecule has 82 valence electrons. The van der Waals surface area contributed by atoms with Gasteiger partial charge in [-0.05, 0) is 36.6 Å². The third-order valence-corrected chi connectivity index (χ3v) is 2.97. The molecule has 0 saturated carbocycles. The highest BCUT2D eigenvalue weighted by molar-refractivity contribution is 5.67. The summed E-state index contributed by atoms with van der Waals surface area (Å²) >= 11 is 0. The highest BCUT2D eigenvalue weighted by Crippen LogP contribution is 2.26. The molecule has 0 aliphatic rings. The number of pyridine rings is 1. The van der Waals surface area contributed by atoms with Crippen LogP contribution in [0.2, 0.25) is 0 Å². The molecule has 0 fully saturated rings. The average Bonchev–Trinajstić information content (AvgIpc) is 2.33. The van der Waals surface area contributed by atoms with Crippen molar-refractivity contribution in [2.45, 2.75) is 20.4 Å². The van der Waals surface area contributed by atoms with E-state index < -0.39 is 0 Å². The molecular formula is C14H16N2. The Morgan fingerprint density at radius 1 is 1.12 bits per heavy atom. The minimum absolute atomic E-state index is 0.524. The SMILES string of the molecule is Cc1cccc(-c2ncccc2CN)c1C. The van der Waals surface area contributed by atoms with Gasteiger partial charge in [0.2, 0.25) is 0 Å². The van der Waals surface area contributed by atoms with E-state index >= 15 is 0 Å². The van der Waals surface area contributed by atoms with Crippen molar-refractivity contribution in [3.05, 3.63) is 53.2 Å². The van der Waals surface area contributed by atoms with Crippen molar-refractivity contribution in [3.8, 4) is 11.3 Å². The lowest BCUT2D eigenvalue weighted by Gasteiger charge is -2.11. The second-order valence-corrected chi connectivity index (χ2v) is 3.96. The molecule has 2 aromatic rings. The molecule has 1 aromatic heterocycles. The normalized spacial score (nSPS) is 10.4. The Morgan fingerprint density at radius 2 is 1.94 bits per heavy atom. The Bertz CT molecular complexity index is 504. The number of hydrogen-bond acceptors (Lipinski definition) is 2. The second kappa shape index (κ2) is 4.45. The van der Waals surface area contributed by atoms with Crippen LogP contribution in [0.25, 0.3) is 11.3 Å². The van der Waals surface area contributed by atoms with Gasteiger partial charge in [0.1, 0.15) is 0 Å². The van der Waals surface area contributed by atoms with Crippen LogP contribution in [0.15, 0.2) is 36.5 Å². The third-order valence-electron chi connectivity index (χ3n) is 2.97. The summed E-state index contributed by atoms with van der Waals surface area (Å²) in [5, 5.41) is 0. The molecule has 0 atom stereocenters. The molecule has 0 saturated heterocycles. The number of aromatic nitrogens is 1. The minimum Gasteiger partial charge on any atom is -0.326 e. The molecule has 0 radical (unpaired) electrons. The molecule has 2 nitrogen and oxygen atoms in total. The fraction of sp³-hybridized carbons (Fsp3) is 0.214. The summed E-state index contributed by atoms with van der Waals surface area (Å²) in [6, 6.07) is 10.2. The highest BCUT2D eigenvalue weighted by atomic mass is 14.7. The molecule has 1 aromatic carbocycles. The lowest BCUT2D eigenvalue weighted by molar-refractivity contribution is 1.05. The van der Waals surface area contributed by atoms with E-state index in [0.29, 0.717) is 6.54 Å². The van der Waals surface area contributed by atoms with Crippen molar-refractivity contribution in [1.29, 1.82) is 0 Å². The number of nitrogens with two attached hydrogens (primary N) is 1. The number of hydrogen-bond donors (Lipinski definition) is 1. The zero-order valence-electron chi connectivity index (χ0n) is 9.70. The van der Waals surface area contributed by atoms with E-state index in [1.165, 1.54) is 16.7 Å². The Hall–Kier alpha value is -1.67. The van der Waals surface area contributed by atoms with E-state index in [1.807, 2.05) is 18.3 Å². The summed E-state index contributed by atoms with van der Waals surface area (Å²) < 4.78 is 0. The van der Waals surface area contributed by atoms with Crippen LogP contribution in [0.5, 0.6) is 0 Å². The topological polar surface area (TPSA) is 38.9 Å². The predicted molar refractivity (Wildman–Crippen MR) is 67.0 cm³/mol. The molecule has 0 spiro atoms. The molecule has 0 aliphatic heterocycles. The van der Waals surface area contributed by atoms with Gasteiger partial charge in [-0.25, -0.2) is 0 Å². The van der Waals surface area contributed by atoms with Crippen molar-refractivity contribution in [2.75, 3.05) is 0 Å². The van der Waals surface area contributed by atoms with Gasteiger partial charge in [0.15, 0.2) is 0 Å². The zero-order chi connectivity index (χ0) is 11.5. The molecule has 2 N–H and O–H groups in total. The van der Waals surface area contributed by atoms with Gasteiger partial charge in [-0.2, -0.15) is 0 Å². The van der Waals surface area contributed by atoms with Crippen molar-refractivity contribution in [2.24, 2.45) is 5.73 Å². The van der Waals surface area contributed by atoms with Gasteiger partial charge < -0.3 is 5.73 Å². The predicted octanol–water partition coefficient (Wildman–Crippen LogP) is 2.82. The summed E-state index contributed by atoms with van der Waals surface area (Å²) in [5.41, 5.74) is 11.6. The molecular weight excluding hydrogens is 196 g/mol. The zero-order valence-corrected chi connectivity index (χ0v) is 9.70. The lowest BCUT2D eigenvalue weighted by atomic mass is 9.98. The highest BCUT2D eigenvalue weighted by Gasteiger charge is 2.08. The van der Waals surface area contributed by atoms with Crippen LogP contribution in [0, 0.1) is 13.8 Å². The second-order valence-electron chi connectivity index (χ2n) is 3.96. The standard InChI is InChI=1S/C14H16N2/c1-10-5-3-7-13(11(10)2)14-12(9-15)6-4-8-16-14/h3-8H,9,15H2,1-2H3. The average molecular weight is 212 g/mol. The fourth-order valence-electron chi connectivity index (χ4n) is 1.85. The monoisotopic (exact) mass is 212 g/mol. The summed E-state index contributed by atoms with van der Waals surface area (Å²) in [6.07, 6.45) is 1.82. The van der Waals surface area contributed by atoms with Gasteiger partial charge in [-0.1, -0.05) is 24.3 Å². The molecule has 16 heavy (non-hydrogen) atoms. The summed E-state index contributed by atoms with van der Waals surface area (Å²) in [5.74, 6) is 0. The fourth-order valence-corrected chi connectivity index (χ4v) is 1.85. The maximum Gasteiger partial charge on any atom is 0.0749 e. The first-order valence-corrected chi connectivity index (χ1v) is 5.44. The van der Waals surface area contributed by atoms with Crippen molar-refractivity contribution in [1.82, 2.24) is 4.98 Å². The first-order valence-electron chi connectivity index (χ1n) is 5.44. The van der Waals surface area contributed by atoms with Crippen LogP contribution < -0.4 is 5.73 Å². The van der Waals surface area contributed by atoms with E-state index in [9.17, 15) is 0 Å². The maximum atomic E-state index is 5.74. The van der Waals surface area contributed by atoms with E-state index in [2.05, 4.69) is 37.0 Å². The van der Waals surface area contributed by atoms with Gasteiger partial charge >= 0.3 is 0 Å². The first-order chi connectivity index (χ1) is 7.74. The molecule has 0 bridgehead atoms. The molecule has 0 aliphatic carbocycles. The summed E-state index contributed by atoms with van der Waals surface area (Å²) in [6.45, 7) is 4.76. The Morgan fingerprint density at radius 3 is 2.69 bits per heavy atom. The Labute approximate surface area is 96.1 Å². The van der Waals surface area contributed by atoms with Crippen LogP contribution in [0.4, 0.5) is 0 Å². The number of rotatable bonds is 2. The van der Waals surface area contributed by atoms with Gasteiger partial charge in [0, 0.05) is 18.3 Å². The molecule has 1 heterocycles. The van der Waals surface area contributed by atoms with E-state index in [0.717, 1.165) is 11.3 Å². The Balaban J connectivity index is 2.63. The maximum absolute atomic E-state index is 5.74. The molecule has 0 amide bonds. The van der Waals surface area contributed by atoms with E-state index in [-0.39, 0.29) is 0 Å². The number of aryl methyl sites for hydroxylation is 1. The van der Waals surface area contributed by atoms with E-state index in [4.69, 9.17) is 5.73 Å². The molecule has 2 heteroatoms. The lowest BCUT2D eigenvalue weighted by Crippen LogP contribution is -2.01. The van der Waals surface area contributed by atoms with Crippen LogP contribution in [-0.4, -0.2) is 4.98 Å². The first kappa shape index (κ1) is 10.8. The quantitative estimate of drug-likeness (QED) is 0.831. The molecule has 0 unspecified atom stereocenters. The van der Waals surface area contributed by atoms with Gasteiger partial charge in [0.25, 0.3) is 0 Å². The van der Waals surface area contributed by atoms with Crippen LogP contribution in [0.3, 0.4) is 0 Å². The van der Waals surface area contributed by atoms with Gasteiger partial charge in [-0.15, -0.1) is 0 Å². The van der Waals surface area contributed by atoms with Crippen LogP contribution >= 0.6 is 0 Å². The van der Waals surface area contributed by atoms with Crippen LogP contribution in [-0.2, 0) is 6.54 Å². The largest absolute Gasteiger partial charge is 0.326 e. The smallest absolute Gasteiger partial charge is 0.0749 e.